The van der Waals surface area contributed by atoms with Crippen LogP contribution in [0.25, 0.3) is 0 Å². The van der Waals surface area contributed by atoms with E-state index in [4.69, 9.17) is 5.14 Å². The minimum Gasteiger partial charge on any atom is -0.228 e. The van der Waals surface area contributed by atoms with E-state index in [1.165, 1.54) is 0 Å². The average molecular weight is 191 g/mol. The zero-order valence-corrected chi connectivity index (χ0v) is 8.69. The van der Waals surface area contributed by atoms with Gasteiger partial charge in [0.05, 0.1) is 5.25 Å². The van der Waals surface area contributed by atoms with Crippen LogP contribution in [-0.4, -0.2) is 13.7 Å². The third-order valence-electron chi connectivity index (χ3n) is 2.86. The topological polar surface area (TPSA) is 60.2 Å². The molecule has 0 saturated heterocycles. The molecule has 3 nitrogen and oxygen atoms in total. The average Bonchev–Trinajstić information content (AvgIpc) is 2.38. The van der Waals surface area contributed by atoms with Gasteiger partial charge in [0.15, 0.2) is 0 Å². The molecule has 2 atom stereocenters. The van der Waals surface area contributed by atoms with E-state index in [9.17, 15) is 8.42 Å². The number of rotatable bonds is 3. The van der Waals surface area contributed by atoms with Gasteiger partial charge in [-0.2, -0.15) is 0 Å². The fraction of sp³-hybridized carbons (Fsp3) is 1.00. The van der Waals surface area contributed by atoms with Crippen LogP contribution < -0.4 is 5.14 Å². The van der Waals surface area contributed by atoms with Gasteiger partial charge < -0.3 is 0 Å². The Labute approximate surface area is 74.4 Å². The van der Waals surface area contributed by atoms with E-state index >= 15 is 0 Å². The van der Waals surface area contributed by atoms with Crippen LogP contribution in [0.3, 0.4) is 0 Å². The van der Waals surface area contributed by atoms with Gasteiger partial charge >= 0.3 is 0 Å². The van der Waals surface area contributed by atoms with Crippen molar-refractivity contribution in [3.63, 3.8) is 0 Å². The summed E-state index contributed by atoms with van der Waals surface area (Å²) in [6, 6.07) is 0. The third-order valence-corrected chi connectivity index (χ3v) is 4.37. The lowest BCUT2D eigenvalue weighted by Gasteiger charge is -2.13. The zero-order valence-electron chi connectivity index (χ0n) is 7.87. The van der Waals surface area contributed by atoms with Crippen LogP contribution >= 0.6 is 0 Å². The van der Waals surface area contributed by atoms with Gasteiger partial charge in [0.1, 0.15) is 0 Å². The Balaban J connectivity index is 2.74. The molecule has 0 spiro atoms. The molecule has 0 heterocycles. The van der Waals surface area contributed by atoms with Crippen molar-refractivity contribution in [2.24, 2.45) is 16.5 Å². The first-order valence-electron chi connectivity index (χ1n) is 4.30. The number of nitrogens with two attached hydrogens (primary N) is 1. The Morgan fingerprint density at radius 3 is 2.08 bits per heavy atom. The van der Waals surface area contributed by atoms with Crippen molar-refractivity contribution in [2.45, 2.75) is 38.9 Å². The van der Waals surface area contributed by atoms with Crippen LogP contribution in [0, 0.1) is 11.3 Å². The molecule has 0 aromatic rings. The summed E-state index contributed by atoms with van der Waals surface area (Å²) in [5, 5.41) is 4.80. The second-order valence-corrected chi connectivity index (χ2v) is 6.12. The minimum atomic E-state index is -3.32. The van der Waals surface area contributed by atoms with E-state index < -0.39 is 10.0 Å². The summed E-state index contributed by atoms with van der Waals surface area (Å²) in [6.07, 6.45) is 1.62. The summed E-state index contributed by atoms with van der Waals surface area (Å²) >= 11 is 0. The van der Waals surface area contributed by atoms with E-state index in [2.05, 4.69) is 13.8 Å². The van der Waals surface area contributed by atoms with Crippen molar-refractivity contribution >= 4 is 10.0 Å². The molecule has 2 N–H and O–H groups in total. The van der Waals surface area contributed by atoms with Crippen molar-refractivity contribution in [2.75, 3.05) is 0 Å². The number of sulfonamides is 1. The highest BCUT2D eigenvalue weighted by Gasteiger charge is 2.52. The Bertz CT molecular complexity index is 269. The Kier molecular flexibility index (Phi) is 2.25. The molecule has 1 saturated carbocycles. The molecule has 0 amide bonds. The molecule has 1 fully saturated rings. The molecule has 0 aromatic carbocycles. The molecule has 2 unspecified atom stereocenters. The summed E-state index contributed by atoms with van der Waals surface area (Å²) in [5.74, 6) is 0.275. The molecular formula is C8H17NO2S. The van der Waals surface area contributed by atoms with Gasteiger partial charge in [0.25, 0.3) is 0 Å². The Morgan fingerprint density at radius 1 is 1.58 bits per heavy atom. The highest BCUT2D eigenvalue weighted by atomic mass is 32.2. The largest absolute Gasteiger partial charge is 0.228 e. The van der Waals surface area contributed by atoms with Crippen molar-refractivity contribution in [3.05, 3.63) is 0 Å². The van der Waals surface area contributed by atoms with E-state index in [0.29, 0.717) is 6.42 Å². The van der Waals surface area contributed by atoms with Crippen LogP contribution in [0.15, 0.2) is 0 Å². The van der Waals surface area contributed by atoms with E-state index in [0.717, 1.165) is 6.42 Å². The van der Waals surface area contributed by atoms with Gasteiger partial charge in [-0.1, -0.05) is 20.8 Å². The van der Waals surface area contributed by atoms with Gasteiger partial charge in [-0.25, -0.2) is 13.6 Å². The van der Waals surface area contributed by atoms with Crippen LogP contribution in [-0.2, 0) is 10.0 Å². The Hall–Kier alpha value is -0.0900. The first kappa shape index (κ1) is 9.99. The summed E-state index contributed by atoms with van der Waals surface area (Å²) in [7, 11) is -3.32. The molecule has 4 heteroatoms. The molecular weight excluding hydrogens is 174 g/mol. The lowest BCUT2D eigenvalue weighted by Crippen LogP contribution is -2.31. The second kappa shape index (κ2) is 2.70. The number of hydrogen-bond acceptors (Lipinski definition) is 2. The van der Waals surface area contributed by atoms with Crippen molar-refractivity contribution in [1.29, 1.82) is 0 Å². The van der Waals surface area contributed by atoms with Gasteiger partial charge in [-0.05, 0) is 24.2 Å². The van der Waals surface area contributed by atoms with Crippen molar-refractivity contribution in [1.82, 2.24) is 0 Å². The monoisotopic (exact) mass is 191 g/mol. The molecule has 0 radical (unpaired) electrons. The third kappa shape index (κ3) is 1.80. The second-order valence-electron chi connectivity index (χ2n) is 4.33. The number of primary sulfonamides is 1. The highest BCUT2D eigenvalue weighted by molar-refractivity contribution is 7.89. The molecule has 1 aliphatic rings. The molecule has 72 valence electrons. The molecule has 1 aliphatic carbocycles. The maximum atomic E-state index is 11.1. The van der Waals surface area contributed by atoms with Gasteiger partial charge in [-0.3, -0.25) is 0 Å². The van der Waals surface area contributed by atoms with Gasteiger partial charge in [-0.15, -0.1) is 0 Å². The fourth-order valence-electron chi connectivity index (χ4n) is 1.89. The van der Waals surface area contributed by atoms with E-state index in [1.807, 2.05) is 6.92 Å². The maximum Gasteiger partial charge on any atom is 0.212 e. The van der Waals surface area contributed by atoms with Crippen LogP contribution in [0.2, 0.25) is 0 Å². The first-order chi connectivity index (χ1) is 5.29. The van der Waals surface area contributed by atoms with Crippen LogP contribution in [0.5, 0.6) is 0 Å². The van der Waals surface area contributed by atoms with Gasteiger partial charge in [0, 0.05) is 0 Å². The fourth-order valence-corrected chi connectivity index (χ4v) is 3.28. The van der Waals surface area contributed by atoms with Crippen LogP contribution in [0.1, 0.15) is 33.6 Å². The number of hydrogen-bond donors (Lipinski definition) is 1. The predicted octanol–water partition coefficient (Wildman–Crippen LogP) is 1.10. The standard InChI is InChI=1S/C8H17NO2S/c1-4-7(12(9,10)11)6-5-8(6,2)3/h6-7H,4-5H2,1-3H3,(H2,9,10,11). The lowest BCUT2D eigenvalue weighted by atomic mass is 10.1. The van der Waals surface area contributed by atoms with Gasteiger partial charge in [0.2, 0.25) is 10.0 Å². The highest BCUT2D eigenvalue weighted by Crippen LogP contribution is 2.55. The van der Waals surface area contributed by atoms with E-state index in [-0.39, 0.29) is 16.6 Å². The maximum absolute atomic E-state index is 11.1. The van der Waals surface area contributed by atoms with Crippen molar-refractivity contribution < 1.29 is 8.42 Å². The SMILES string of the molecule is CCC(C1CC1(C)C)S(N)(=O)=O. The van der Waals surface area contributed by atoms with E-state index in [1.54, 1.807) is 0 Å². The van der Waals surface area contributed by atoms with Crippen LogP contribution in [0.4, 0.5) is 0 Å². The zero-order chi connectivity index (χ0) is 9.57. The molecule has 0 aromatic heterocycles. The molecule has 12 heavy (non-hydrogen) atoms. The quantitative estimate of drug-likeness (QED) is 0.726. The first-order valence-corrected chi connectivity index (χ1v) is 5.91. The normalized spacial score (nSPS) is 29.8. The summed E-state index contributed by atoms with van der Waals surface area (Å²) in [6.45, 7) is 6.06. The molecule has 0 aliphatic heterocycles. The molecule has 0 bridgehead atoms. The molecule has 1 rings (SSSR count). The summed E-state index contributed by atoms with van der Waals surface area (Å²) in [4.78, 5) is 0. The smallest absolute Gasteiger partial charge is 0.212 e. The summed E-state index contributed by atoms with van der Waals surface area (Å²) in [5.41, 5.74) is 0.188. The minimum absolute atomic E-state index is 0.188. The lowest BCUT2D eigenvalue weighted by molar-refractivity contribution is 0.505. The predicted molar refractivity (Wildman–Crippen MR) is 49.1 cm³/mol. The Morgan fingerprint density at radius 2 is 2.00 bits per heavy atom. The van der Waals surface area contributed by atoms with Crippen molar-refractivity contribution in [3.8, 4) is 0 Å². The summed E-state index contributed by atoms with van der Waals surface area (Å²) < 4.78 is 22.2.